The molecule has 0 heterocycles. The van der Waals surface area contributed by atoms with Gasteiger partial charge in [-0.2, -0.15) is 0 Å². The summed E-state index contributed by atoms with van der Waals surface area (Å²) in [7, 11) is 0. The predicted octanol–water partition coefficient (Wildman–Crippen LogP) is 2.30. The zero-order chi connectivity index (χ0) is 20.0. The number of carbonyl (C=O) groups is 3. The van der Waals surface area contributed by atoms with E-state index in [0.29, 0.717) is 17.3 Å². The SMILES string of the molecule is O=C(/C=C/c1ccc(O)c(O)c1)Nc1cccc(/C(O)=C/C(=O)C(=O)O)c1. The van der Waals surface area contributed by atoms with Crippen molar-refractivity contribution in [3.05, 3.63) is 65.7 Å². The van der Waals surface area contributed by atoms with Crippen molar-refractivity contribution in [3.63, 3.8) is 0 Å². The number of aliphatic carboxylic acids is 1. The Morgan fingerprint density at radius 2 is 1.67 bits per heavy atom. The Bertz CT molecular complexity index is 960. The van der Waals surface area contributed by atoms with Gasteiger partial charge in [-0.15, -0.1) is 0 Å². The van der Waals surface area contributed by atoms with E-state index in [9.17, 15) is 29.7 Å². The zero-order valence-corrected chi connectivity index (χ0v) is 13.8. The summed E-state index contributed by atoms with van der Waals surface area (Å²) in [6.45, 7) is 0. The number of nitrogens with one attached hydrogen (secondary N) is 1. The molecule has 2 aromatic carbocycles. The molecule has 0 aliphatic rings. The molecule has 0 radical (unpaired) electrons. The number of amides is 1. The summed E-state index contributed by atoms with van der Waals surface area (Å²) in [6, 6.07) is 9.90. The molecule has 2 rings (SSSR count). The van der Waals surface area contributed by atoms with E-state index in [2.05, 4.69) is 5.32 Å². The Hall–Kier alpha value is -4.07. The Balaban J connectivity index is 2.10. The van der Waals surface area contributed by atoms with Crippen molar-refractivity contribution in [2.45, 2.75) is 0 Å². The fraction of sp³-hybridized carbons (Fsp3) is 0. The molecule has 0 aliphatic carbocycles. The third-order valence-electron chi connectivity index (χ3n) is 3.33. The average Bonchev–Trinajstić information content (AvgIpc) is 2.62. The van der Waals surface area contributed by atoms with Crippen LogP contribution in [0, 0.1) is 0 Å². The van der Waals surface area contributed by atoms with Crippen molar-refractivity contribution in [1.82, 2.24) is 0 Å². The van der Waals surface area contributed by atoms with E-state index < -0.39 is 23.4 Å². The van der Waals surface area contributed by atoms with Crippen LogP contribution in [0.5, 0.6) is 11.5 Å². The first-order valence-electron chi connectivity index (χ1n) is 7.55. The highest BCUT2D eigenvalue weighted by Gasteiger charge is 2.11. The van der Waals surface area contributed by atoms with Crippen molar-refractivity contribution in [3.8, 4) is 11.5 Å². The number of phenols is 2. The van der Waals surface area contributed by atoms with Gasteiger partial charge in [0.05, 0.1) is 0 Å². The van der Waals surface area contributed by atoms with Gasteiger partial charge in [0, 0.05) is 23.4 Å². The molecule has 0 unspecified atom stereocenters. The van der Waals surface area contributed by atoms with Gasteiger partial charge >= 0.3 is 5.97 Å². The van der Waals surface area contributed by atoms with Gasteiger partial charge in [-0.3, -0.25) is 9.59 Å². The standard InChI is InChI=1S/C19H15NO7/c21-14-6-4-11(8-16(14)23)5-7-18(25)20-13-3-1-2-12(9-13)15(22)10-17(24)19(26)27/h1-10,21-23H,(H,20,25)(H,26,27)/b7-5+,15-10-. The summed E-state index contributed by atoms with van der Waals surface area (Å²) >= 11 is 0. The molecule has 5 N–H and O–H groups in total. The number of aliphatic hydroxyl groups excluding tert-OH is 1. The number of carboxylic acid groups (broad SMARTS) is 1. The van der Waals surface area contributed by atoms with E-state index in [0.717, 1.165) is 0 Å². The minimum atomic E-state index is -1.70. The lowest BCUT2D eigenvalue weighted by Gasteiger charge is -2.05. The van der Waals surface area contributed by atoms with E-state index in [1.165, 1.54) is 54.6 Å². The van der Waals surface area contributed by atoms with E-state index in [4.69, 9.17) is 5.11 Å². The van der Waals surface area contributed by atoms with Gasteiger partial charge in [0.1, 0.15) is 5.76 Å². The second kappa shape index (κ2) is 8.34. The number of aliphatic hydroxyl groups is 1. The Kier molecular flexibility index (Phi) is 5.95. The molecule has 0 saturated heterocycles. The molecular weight excluding hydrogens is 354 g/mol. The minimum absolute atomic E-state index is 0.148. The van der Waals surface area contributed by atoms with Gasteiger partial charge in [0.25, 0.3) is 5.78 Å². The fourth-order valence-electron chi connectivity index (χ4n) is 2.03. The minimum Gasteiger partial charge on any atom is -0.507 e. The van der Waals surface area contributed by atoms with Crippen molar-refractivity contribution < 1.29 is 34.8 Å². The normalized spacial score (nSPS) is 11.3. The van der Waals surface area contributed by atoms with Crippen LogP contribution >= 0.6 is 0 Å². The lowest BCUT2D eigenvalue weighted by molar-refractivity contribution is -0.146. The lowest BCUT2D eigenvalue weighted by atomic mass is 10.1. The van der Waals surface area contributed by atoms with E-state index >= 15 is 0 Å². The summed E-state index contributed by atoms with van der Waals surface area (Å²) < 4.78 is 0. The summed E-state index contributed by atoms with van der Waals surface area (Å²) in [5, 5.41) is 39.5. The number of aromatic hydroxyl groups is 2. The number of ketones is 1. The highest BCUT2D eigenvalue weighted by molar-refractivity contribution is 6.38. The van der Waals surface area contributed by atoms with Crippen molar-refractivity contribution in [1.29, 1.82) is 0 Å². The molecule has 0 atom stereocenters. The number of anilines is 1. The Morgan fingerprint density at radius 3 is 2.33 bits per heavy atom. The topological polar surface area (TPSA) is 144 Å². The number of carboxylic acids is 1. The monoisotopic (exact) mass is 369 g/mol. The number of hydrogen-bond acceptors (Lipinski definition) is 6. The number of carbonyl (C=O) groups excluding carboxylic acids is 2. The first kappa shape index (κ1) is 19.3. The molecule has 0 spiro atoms. The largest absolute Gasteiger partial charge is 0.507 e. The van der Waals surface area contributed by atoms with Crippen LogP contribution in [0.2, 0.25) is 0 Å². The van der Waals surface area contributed by atoms with Gasteiger partial charge in [0.2, 0.25) is 5.91 Å². The maximum absolute atomic E-state index is 12.0. The number of hydrogen-bond donors (Lipinski definition) is 5. The van der Waals surface area contributed by atoms with Crippen molar-refractivity contribution in [2.24, 2.45) is 0 Å². The lowest BCUT2D eigenvalue weighted by Crippen LogP contribution is -2.10. The second-order valence-corrected chi connectivity index (χ2v) is 5.35. The first-order valence-corrected chi connectivity index (χ1v) is 7.55. The third-order valence-corrected chi connectivity index (χ3v) is 3.33. The van der Waals surface area contributed by atoms with Crippen LogP contribution in [-0.4, -0.2) is 38.1 Å². The zero-order valence-electron chi connectivity index (χ0n) is 13.8. The highest BCUT2D eigenvalue weighted by atomic mass is 16.4. The highest BCUT2D eigenvalue weighted by Crippen LogP contribution is 2.25. The van der Waals surface area contributed by atoms with Crippen LogP contribution in [0.4, 0.5) is 5.69 Å². The van der Waals surface area contributed by atoms with Gasteiger partial charge < -0.3 is 25.7 Å². The van der Waals surface area contributed by atoms with E-state index in [1.807, 2.05) is 0 Å². The van der Waals surface area contributed by atoms with Gasteiger partial charge in [0.15, 0.2) is 11.5 Å². The number of rotatable bonds is 6. The molecule has 0 bridgehead atoms. The van der Waals surface area contributed by atoms with Gasteiger partial charge in [-0.25, -0.2) is 4.79 Å². The maximum Gasteiger partial charge on any atom is 0.376 e. The van der Waals surface area contributed by atoms with Crippen LogP contribution < -0.4 is 5.32 Å². The first-order chi connectivity index (χ1) is 12.8. The maximum atomic E-state index is 12.0. The van der Waals surface area contributed by atoms with Crippen LogP contribution in [0.3, 0.4) is 0 Å². The van der Waals surface area contributed by atoms with E-state index in [1.54, 1.807) is 0 Å². The Labute approximate surface area is 153 Å². The van der Waals surface area contributed by atoms with Crippen LogP contribution in [-0.2, 0) is 14.4 Å². The van der Waals surface area contributed by atoms with Crippen LogP contribution in [0.1, 0.15) is 11.1 Å². The molecule has 8 nitrogen and oxygen atoms in total. The number of phenolic OH excluding ortho intramolecular Hbond substituents is 2. The van der Waals surface area contributed by atoms with Crippen LogP contribution in [0.15, 0.2) is 54.6 Å². The second-order valence-electron chi connectivity index (χ2n) is 5.35. The van der Waals surface area contributed by atoms with Crippen LogP contribution in [0.25, 0.3) is 11.8 Å². The van der Waals surface area contributed by atoms with Crippen molar-refractivity contribution >= 4 is 35.2 Å². The quantitative estimate of drug-likeness (QED) is 0.227. The predicted molar refractivity (Wildman–Crippen MR) is 97.1 cm³/mol. The molecule has 138 valence electrons. The average molecular weight is 369 g/mol. The Morgan fingerprint density at radius 1 is 0.926 bits per heavy atom. The van der Waals surface area contributed by atoms with Gasteiger partial charge in [-0.1, -0.05) is 18.2 Å². The summed E-state index contributed by atoms with van der Waals surface area (Å²) in [6.07, 6.45) is 3.18. The van der Waals surface area contributed by atoms with Gasteiger partial charge in [-0.05, 0) is 35.9 Å². The molecular formula is C19H15NO7. The molecule has 8 heteroatoms. The molecule has 0 fully saturated rings. The van der Waals surface area contributed by atoms with Crippen molar-refractivity contribution in [2.75, 3.05) is 5.32 Å². The molecule has 27 heavy (non-hydrogen) atoms. The fourth-order valence-corrected chi connectivity index (χ4v) is 2.03. The number of benzene rings is 2. The molecule has 0 aliphatic heterocycles. The summed E-state index contributed by atoms with van der Waals surface area (Å²) in [5.74, 6) is -4.62. The summed E-state index contributed by atoms with van der Waals surface area (Å²) in [4.78, 5) is 33.6. The molecule has 2 aromatic rings. The molecule has 0 aromatic heterocycles. The van der Waals surface area contributed by atoms with E-state index in [-0.39, 0.29) is 17.1 Å². The third kappa shape index (κ3) is 5.46. The summed E-state index contributed by atoms with van der Waals surface area (Å²) in [5.41, 5.74) is 0.940. The smallest absolute Gasteiger partial charge is 0.376 e. The molecule has 1 amide bonds. The molecule has 0 saturated carbocycles.